The summed E-state index contributed by atoms with van der Waals surface area (Å²) >= 11 is 0. The number of allylic oxidation sites excluding steroid dienone is 7. The van der Waals surface area contributed by atoms with Crippen LogP contribution >= 0.6 is 0 Å². The molecule has 164 valence electrons. The second-order valence-electron chi connectivity index (χ2n) is 10.8. The Morgan fingerprint density at radius 1 is 1.33 bits per heavy atom. The van der Waals surface area contributed by atoms with Gasteiger partial charge >= 0.3 is 0 Å². The number of nitrogens with one attached hydrogen (secondary N) is 1. The van der Waals surface area contributed by atoms with Crippen LogP contribution in [-0.4, -0.2) is 29.4 Å². The molecule has 3 fully saturated rings. The molecule has 2 N–H and O–H groups in total. The van der Waals surface area contributed by atoms with Gasteiger partial charge in [-0.2, -0.15) is 0 Å². The second-order valence-corrected chi connectivity index (χ2v) is 10.8. The summed E-state index contributed by atoms with van der Waals surface area (Å²) in [5.41, 5.74) is 1.90. The highest BCUT2D eigenvalue weighted by atomic mass is 16.5. The van der Waals surface area contributed by atoms with E-state index in [-0.39, 0.29) is 23.2 Å². The van der Waals surface area contributed by atoms with Crippen LogP contribution in [0.3, 0.4) is 0 Å². The molecule has 0 aromatic rings. The highest BCUT2D eigenvalue weighted by Gasteiger charge is 2.66. The van der Waals surface area contributed by atoms with Crippen molar-refractivity contribution >= 4 is 5.91 Å². The Morgan fingerprint density at radius 3 is 2.73 bits per heavy atom. The first kappa shape index (κ1) is 21.6. The lowest BCUT2D eigenvalue weighted by atomic mass is 9.66. The number of carbonyl (C=O) groups excluding carboxylic acids is 1. The van der Waals surface area contributed by atoms with Crippen LogP contribution < -0.4 is 5.32 Å². The Morgan fingerprint density at radius 2 is 2.07 bits per heavy atom. The molecule has 0 unspecified atom stereocenters. The molecule has 2 saturated carbocycles. The Labute approximate surface area is 181 Å². The maximum Gasteiger partial charge on any atom is 0.249 e. The number of fused-ring (bicyclic) bond motifs is 1. The summed E-state index contributed by atoms with van der Waals surface area (Å²) < 4.78 is 5.86. The van der Waals surface area contributed by atoms with Crippen LogP contribution in [0.25, 0.3) is 0 Å². The molecule has 4 heteroatoms. The van der Waals surface area contributed by atoms with Gasteiger partial charge in [0.05, 0.1) is 5.60 Å². The Hall–Kier alpha value is -1.65. The molecule has 0 bridgehead atoms. The number of carbonyl (C=O) groups is 1. The molecule has 1 heterocycles. The Kier molecular flexibility index (Phi) is 5.18. The number of ether oxygens (including phenoxy) is 1. The van der Waals surface area contributed by atoms with E-state index in [1.165, 1.54) is 11.1 Å². The first-order valence-corrected chi connectivity index (χ1v) is 11.4. The van der Waals surface area contributed by atoms with Crippen molar-refractivity contribution in [3.8, 4) is 0 Å². The minimum atomic E-state index is -0.869. The molecule has 0 aromatic heterocycles. The lowest BCUT2D eigenvalue weighted by molar-refractivity contribution is -0.123. The van der Waals surface area contributed by atoms with Crippen molar-refractivity contribution in [3.63, 3.8) is 0 Å². The Balaban J connectivity index is 1.74. The maximum absolute atomic E-state index is 12.8. The topological polar surface area (TPSA) is 58.6 Å². The highest BCUT2D eigenvalue weighted by Crippen LogP contribution is 2.62. The minimum absolute atomic E-state index is 0.00776. The molecular weight excluding hydrogens is 374 g/mol. The van der Waals surface area contributed by atoms with E-state index < -0.39 is 11.3 Å². The van der Waals surface area contributed by atoms with Gasteiger partial charge < -0.3 is 15.2 Å². The molecule has 30 heavy (non-hydrogen) atoms. The van der Waals surface area contributed by atoms with Gasteiger partial charge in [-0.25, -0.2) is 0 Å². The third-order valence-electron chi connectivity index (χ3n) is 8.31. The molecule has 0 spiro atoms. The molecule has 3 aliphatic carbocycles. The summed E-state index contributed by atoms with van der Waals surface area (Å²) in [4.78, 5) is 12.8. The molecule has 4 rings (SSSR count). The summed E-state index contributed by atoms with van der Waals surface area (Å²) in [6.07, 6.45) is 14.5. The second kappa shape index (κ2) is 7.20. The lowest BCUT2D eigenvalue weighted by Gasteiger charge is -2.39. The molecule has 4 aliphatic rings. The van der Waals surface area contributed by atoms with Gasteiger partial charge in [0.15, 0.2) is 5.72 Å². The third-order valence-corrected chi connectivity index (χ3v) is 8.31. The van der Waals surface area contributed by atoms with Crippen molar-refractivity contribution in [2.45, 2.75) is 71.6 Å². The quantitative estimate of drug-likeness (QED) is 0.661. The minimum Gasteiger partial charge on any atom is -0.390 e. The molecule has 1 aliphatic heterocycles. The summed E-state index contributed by atoms with van der Waals surface area (Å²) in [5.74, 6) is 0.740. The molecule has 1 amide bonds. The van der Waals surface area contributed by atoms with Gasteiger partial charge in [-0.3, -0.25) is 4.79 Å². The molecule has 7 atom stereocenters. The number of hydrogen-bond acceptors (Lipinski definition) is 3. The molecule has 0 radical (unpaired) electrons. The number of methoxy groups -OCH3 is 1. The average Bonchev–Trinajstić information content (AvgIpc) is 3.16. The van der Waals surface area contributed by atoms with Gasteiger partial charge in [-0.1, -0.05) is 55.4 Å². The summed E-state index contributed by atoms with van der Waals surface area (Å²) in [7, 11) is 1.65. The van der Waals surface area contributed by atoms with Crippen molar-refractivity contribution in [2.75, 3.05) is 7.11 Å². The van der Waals surface area contributed by atoms with Crippen LogP contribution in [0.1, 0.15) is 60.3 Å². The van der Waals surface area contributed by atoms with Gasteiger partial charge in [-0.15, -0.1) is 0 Å². The fourth-order valence-corrected chi connectivity index (χ4v) is 6.75. The smallest absolute Gasteiger partial charge is 0.249 e. The fourth-order valence-electron chi connectivity index (χ4n) is 6.75. The predicted molar refractivity (Wildman–Crippen MR) is 119 cm³/mol. The van der Waals surface area contributed by atoms with E-state index in [1.807, 2.05) is 13.0 Å². The van der Waals surface area contributed by atoms with E-state index in [0.29, 0.717) is 18.3 Å². The van der Waals surface area contributed by atoms with Crippen LogP contribution in [0, 0.1) is 29.1 Å². The van der Waals surface area contributed by atoms with E-state index in [9.17, 15) is 9.90 Å². The van der Waals surface area contributed by atoms with Crippen LogP contribution in [0.4, 0.5) is 0 Å². The van der Waals surface area contributed by atoms with Crippen LogP contribution in [-0.2, 0) is 9.53 Å². The van der Waals surface area contributed by atoms with Crippen LogP contribution in [0.5, 0.6) is 0 Å². The van der Waals surface area contributed by atoms with Crippen molar-refractivity contribution in [3.05, 3.63) is 47.1 Å². The standard InChI is InChI=1S/C26H37NO3/c1-16(2)8-7-9-17(3)18-12-13-24(4)14-21-22-19(10-11-20(18)24)23(28)27-26(22,30-6)15-25(21,5)29/h7-11,17-18,21-22,29H,12-15H2,1-6H3,(H,27,28)/b9-7-,19-10+,20-11?/t17-,18+,21-,22-,24+,25+,26-/m0/s1. The largest absolute Gasteiger partial charge is 0.390 e. The van der Waals surface area contributed by atoms with E-state index in [2.05, 4.69) is 57.3 Å². The predicted octanol–water partition coefficient (Wildman–Crippen LogP) is 4.68. The molecule has 1 saturated heterocycles. The zero-order valence-corrected chi connectivity index (χ0v) is 19.3. The van der Waals surface area contributed by atoms with E-state index in [0.717, 1.165) is 24.8 Å². The number of rotatable bonds is 4. The van der Waals surface area contributed by atoms with Gasteiger partial charge in [0.1, 0.15) is 0 Å². The number of aliphatic hydroxyl groups is 1. The third kappa shape index (κ3) is 3.23. The van der Waals surface area contributed by atoms with Crippen LogP contribution in [0.15, 0.2) is 47.1 Å². The van der Waals surface area contributed by atoms with E-state index in [1.54, 1.807) is 7.11 Å². The molecule has 0 aromatic carbocycles. The lowest BCUT2D eigenvalue weighted by Crippen LogP contribution is -2.46. The molecular formula is C26H37NO3. The highest BCUT2D eigenvalue weighted by molar-refractivity contribution is 5.98. The zero-order chi connectivity index (χ0) is 21.9. The first-order chi connectivity index (χ1) is 14.0. The summed E-state index contributed by atoms with van der Waals surface area (Å²) in [6.45, 7) is 10.8. The normalized spacial score (nSPS) is 45.0. The van der Waals surface area contributed by atoms with Crippen LogP contribution in [0.2, 0.25) is 0 Å². The Bertz CT molecular complexity index is 860. The zero-order valence-electron chi connectivity index (χ0n) is 19.3. The SMILES string of the molecule is CO[C@]12C[C@@](C)(O)[C@H]3C[C@@]4(C)CC[C@H]([C@@H](C)/C=C\C=C(C)C)C4=C/C=C(/C(=O)N1)[C@@H]32. The van der Waals surface area contributed by atoms with Gasteiger partial charge in [0, 0.05) is 30.9 Å². The average molecular weight is 412 g/mol. The summed E-state index contributed by atoms with van der Waals surface area (Å²) in [6, 6.07) is 0. The molecule has 4 nitrogen and oxygen atoms in total. The van der Waals surface area contributed by atoms with Gasteiger partial charge in [0.2, 0.25) is 5.91 Å². The fraction of sp³-hybridized carbons (Fsp3) is 0.654. The number of hydrogen-bond donors (Lipinski definition) is 2. The van der Waals surface area contributed by atoms with Crippen molar-refractivity contribution < 1.29 is 14.6 Å². The van der Waals surface area contributed by atoms with E-state index in [4.69, 9.17) is 4.74 Å². The van der Waals surface area contributed by atoms with E-state index >= 15 is 0 Å². The van der Waals surface area contributed by atoms with Gasteiger partial charge in [-0.05, 0) is 57.3 Å². The van der Waals surface area contributed by atoms with Gasteiger partial charge in [0.25, 0.3) is 0 Å². The van der Waals surface area contributed by atoms with Crippen molar-refractivity contribution in [2.24, 2.45) is 29.1 Å². The maximum atomic E-state index is 12.8. The first-order valence-electron chi connectivity index (χ1n) is 11.4. The van der Waals surface area contributed by atoms with Crippen molar-refractivity contribution in [1.29, 1.82) is 0 Å². The summed E-state index contributed by atoms with van der Waals surface area (Å²) in [5, 5.41) is 14.5. The number of amides is 1. The monoisotopic (exact) mass is 411 g/mol. The van der Waals surface area contributed by atoms with Crippen molar-refractivity contribution in [1.82, 2.24) is 5.32 Å².